The molecule has 1 aromatic rings. The predicted octanol–water partition coefficient (Wildman–Crippen LogP) is 1.25. The SMILES string of the molecule is O=C(O)/C=C1\C(=O)Nc2c(F)cccc21. The van der Waals surface area contributed by atoms with Crippen LogP contribution < -0.4 is 5.32 Å². The van der Waals surface area contributed by atoms with Gasteiger partial charge >= 0.3 is 5.97 Å². The van der Waals surface area contributed by atoms with Crippen LogP contribution in [0.4, 0.5) is 10.1 Å². The lowest BCUT2D eigenvalue weighted by molar-refractivity contribution is -0.131. The van der Waals surface area contributed by atoms with Crippen molar-refractivity contribution >= 4 is 23.1 Å². The Hall–Kier alpha value is -2.17. The largest absolute Gasteiger partial charge is 0.478 e. The van der Waals surface area contributed by atoms with Crippen molar-refractivity contribution in [3.63, 3.8) is 0 Å². The van der Waals surface area contributed by atoms with Gasteiger partial charge in [0.25, 0.3) is 5.91 Å². The van der Waals surface area contributed by atoms with Crippen molar-refractivity contribution in [3.8, 4) is 0 Å². The summed E-state index contributed by atoms with van der Waals surface area (Å²) in [6.45, 7) is 0. The van der Waals surface area contributed by atoms with E-state index in [2.05, 4.69) is 5.32 Å². The van der Waals surface area contributed by atoms with E-state index in [1.807, 2.05) is 0 Å². The van der Waals surface area contributed by atoms with E-state index in [4.69, 9.17) is 5.11 Å². The third kappa shape index (κ3) is 1.48. The van der Waals surface area contributed by atoms with Crippen molar-refractivity contribution in [2.45, 2.75) is 0 Å². The lowest BCUT2D eigenvalue weighted by atomic mass is 10.1. The van der Waals surface area contributed by atoms with E-state index in [1.54, 1.807) is 0 Å². The molecule has 0 atom stereocenters. The molecule has 1 aliphatic rings. The van der Waals surface area contributed by atoms with Gasteiger partial charge in [0.05, 0.1) is 11.3 Å². The average Bonchev–Trinajstić information content (AvgIpc) is 2.45. The Morgan fingerprint density at radius 2 is 2.20 bits per heavy atom. The Kier molecular flexibility index (Phi) is 2.00. The van der Waals surface area contributed by atoms with Gasteiger partial charge in [-0.15, -0.1) is 0 Å². The standard InChI is InChI=1S/C10H6FNO3/c11-7-3-1-2-5-6(4-8(13)14)10(15)12-9(5)7/h1-4H,(H,12,15)(H,13,14)/b6-4-. The molecule has 0 bridgehead atoms. The number of rotatable bonds is 1. The zero-order chi connectivity index (χ0) is 11.0. The van der Waals surface area contributed by atoms with E-state index in [-0.39, 0.29) is 16.8 Å². The van der Waals surface area contributed by atoms with E-state index in [0.717, 1.165) is 6.08 Å². The second kappa shape index (κ2) is 3.20. The number of hydrogen-bond donors (Lipinski definition) is 2. The summed E-state index contributed by atoms with van der Waals surface area (Å²) in [5.74, 6) is -2.41. The molecule has 2 N–H and O–H groups in total. The highest BCUT2D eigenvalue weighted by atomic mass is 19.1. The number of carbonyl (C=O) groups excluding carboxylic acids is 1. The van der Waals surface area contributed by atoms with E-state index in [0.29, 0.717) is 0 Å². The minimum Gasteiger partial charge on any atom is -0.478 e. The van der Waals surface area contributed by atoms with Crippen molar-refractivity contribution in [1.82, 2.24) is 0 Å². The number of fused-ring (bicyclic) bond motifs is 1. The summed E-state index contributed by atoms with van der Waals surface area (Å²) >= 11 is 0. The number of benzene rings is 1. The fraction of sp³-hybridized carbons (Fsp3) is 0. The van der Waals surface area contributed by atoms with Gasteiger partial charge in [0.2, 0.25) is 0 Å². The molecule has 1 amide bonds. The van der Waals surface area contributed by atoms with Crippen LogP contribution in [-0.2, 0) is 9.59 Å². The highest BCUT2D eigenvalue weighted by molar-refractivity contribution is 6.33. The van der Waals surface area contributed by atoms with Gasteiger partial charge in [-0.3, -0.25) is 4.79 Å². The number of carboxylic acids is 1. The molecule has 0 aliphatic carbocycles. The molecule has 1 heterocycles. The second-order valence-corrected chi connectivity index (χ2v) is 3.01. The van der Waals surface area contributed by atoms with Gasteiger partial charge in [0, 0.05) is 11.6 Å². The van der Waals surface area contributed by atoms with Crippen LogP contribution in [0.3, 0.4) is 0 Å². The van der Waals surface area contributed by atoms with Crippen LogP contribution in [0.15, 0.2) is 24.3 Å². The van der Waals surface area contributed by atoms with Crippen LogP contribution >= 0.6 is 0 Å². The molecule has 0 unspecified atom stereocenters. The second-order valence-electron chi connectivity index (χ2n) is 3.01. The molecule has 0 spiro atoms. The number of carbonyl (C=O) groups is 2. The Labute approximate surface area is 84.0 Å². The number of hydrogen-bond acceptors (Lipinski definition) is 2. The quantitative estimate of drug-likeness (QED) is 0.681. The topological polar surface area (TPSA) is 66.4 Å². The summed E-state index contributed by atoms with van der Waals surface area (Å²) in [6.07, 6.45) is 0.764. The normalized spacial score (nSPS) is 16.3. The van der Waals surface area contributed by atoms with Crippen LogP contribution in [0, 0.1) is 5.82 Å². The summed E-state index contributed by atoms with van der Waals surface area (Å²) in [4.78, 5) is 21.8. The first-order valence-electron chi connectivity index (χ1n) is 4.14. The molecule has 0 saturated heterocycles. The monoisotopic (exact) mass is 207 g/mol. The summed E-state index contributed by atoms with van der Waals surface area (Å²) < 4.78 is 13.2. The molecular weight excluding hydrogens is 201 g/mol. The number of halogens is 1. The minimum atomic E-state index is -1.24. The number of carboxylic acid groups (broad SMARTS) is 1. The van der Waals surface area contributed by atoms with Crippen LogP contribution in [0.1, 0.15) is 5.56 Å². The minimum absolute atomic E-state index is 0.0306. The Morgan fingerprint density at radius 3 is 2.87 bits per heavy atom. The Balaban J connectivity index is 2.61. The molecule has 76 valence electrons. The number of anilines is 1. The average molecular weight is 207 g/mol. The van der Waals surface area contributed by atoms with Gasteiger partial charge in [-0.2, -0.15) is 0 Å². The zero-order valence-electron chi connectivity index (χ0n) is 7.45. The maximum atomic E-state index is 13.2. The van der Waals surface area contributed by atoms with Crippen molar-refractivity contribution in [1.29, 1.82) is 0 Å². The molecule has 0 saturated carbocycles. The molecule has 0 aromatic heterocycles. The van der Waals surface area contributed by atoms with Crippen molar-refractivity contribution in [2.24, 2.45) is 0 Å². The first-order valence-corrected chi connectivity index (χ1v) is 4.14. The maximum Gasteiger partial charge on any atom is 0.329 e. The van der Waals surface area contributed by atoms with Crippen molar-refractivity contribution in [2.75, 3.05) is 5.32 Å². The smallest absolute Gasteiger partial charge is 0.329 e. The fourth-order valence-electron chi connectivity index (χ4n) is 1.45. The third-order valence-electron chi connectivity index (χ3n) is 2.05. The van der Waals surface area contributed by atoms with E-state index < -0.39 is 17.7 Å². The number of aliphatic carboxylic acids is 1. The van der Waals surface area contributed by atoms with Crippen LogP contribution in [0.5, 0.6) is 0 Å². The van der Waals surface area contributed by atoms with Gasteiger partial charge in [0.15, 0.2) is 0 Å². The number of amides is 1. The molecule has 4 nitrogen and oxygen atoms in total. The first kappa shape index (κ1) is 9.39. The van der Waals surface area contributed by atoms with Crippen LogP contribution in [-0.4, -0.2) is 17.0 Å². The van der Waals surface area contributed by atoms with E-state index in [9.17, 15) is 14.0 Å². The molecule has 15 heavy (non-hydrogen) atoms. The highest BCUT2D eigenvalue weighted by Crippen LogP contribution is 2.33. The number of nitrogens with one attached hydrogen (secondary N) is 1. The Morgan fingerprint density at radius 1 is 1.47 bits per heavy atom. The highest BCUT2D eigenvalue weighted by Gasteiger charge is 2.27. The Bertz CT molecular complexity index is 493. The molecular formula is C10H6FNO3. The molecule has 1 aliphatic heterocycles. The van der Waals surface area contributed by atoms with Gasteiger partial charge in [0.1, 0.15) is 5.82 Å². The summed E-state index contributed by atoms with van der Waals surface area (Å²) in [6, 6.07) is 4.11. The molecule has 0 fully saturated rings. The molecule has 0 radical (unpaired) electrons. The lowest BCUT2D eigenvalue weighted by Crippen LogP contribution is -2.05. The number of para-hydroxylation sites is 1. The van der Waals surface area contributed by atoms with Gasteiger partial charge in [-0.05, 0) is 6.07 Å². The first-order chi connectivity index (χ1) is 7.09. The van der Waals surface area contributed by atoms with Gasteiger partial charge in [-0.1, -0.05) is 12.1 Å². The van der Waals surface area contributed by atoms with Crippen molar-refractivity contribution < 1.29 is 19.1 Å². The predicted molar refractivity (Wildman–Crippen MR) is 50.6 cm³/mol. The zero-order valence-corrected chi connectivity index (χ0v) is 7.45. The summed E-state index contributed by atoms with van der Waals surface area (Å²) in [7, 11) is 0. The van der Waals surface area contributed by atoms with E-state index in [1.165, 1.54) is 18.2 Å². The maximum absolute atomic E-state index is 13.2. The molecule has 1 aromatic carbocycles. The van der Waals surface area contributed by atoms with E-state index >= 15 is 0 Å². The fourth-order valence-corrected chi connectivity index (χ4v) is 1.45. The van der Waals surface area contributed by atoms with Crippen LogP contribution in [0.2, 0.25) is 0 Å². The van der Waals surface area contributed by atoms with Crippen LogP contribution in [0.25, 0.3) is 5.57 Å². The summed E-state index contributed by atoms with van der Waals surface area (Å²) in [5, 5.41) is 10.8. The van der Waals surface area contributed by atoms with Gasteiger partial charge in [-0.25, -0.2) is 9.18 Å². The van der Waals surface area contributed by atoms with Crippen molar-refractivity contribution in [3.05, 3.63) is 35.7 Å². The molecule has 5 heteroatoms. The molecule has 2 rings (SSSR count). The summed E-state index contributed by atoms with van der Waals surface area (Å²) in [5.41, 5.74) is 0.286. The third-order valence-corrected chi connectivity index (χ3v) is 2.05. The van der Waals surface area contributed by atoms with Gasteiger partial charge < -0.3 is 10.4 Å². The lowest BCUT2D eigenvalue weighted by Gasteiger charge is -1.97.